The summed E-state index contributed by atoms with van der Waals surface area (Å²) < 4.78 is 0. The molecule has 0 aliphatic carbocycles. The Labute approximate surface area is 106 Å². The highest BCUT2D eigenvalue weighted by molar-refractivity contribution is 5.95. The third-order valence-electron chi connectivity index (χ3n) is 2.67. The summed E-state index contributed by atoms with van der Waals surface area (Å²) in [4.78, 5) is 22.9. The van der Waals surface area contributed by atoms with Gasteiger partial charge in [-0.1, -0.05) is 0 Å². The van der Waals surface area contributed by atoms with E-state index in [1.54, 1.807) is 38.1 Å². The lowest BCUT2D eigenvalue weighted by Crippen LogP contribution is -2.42. The number of nitrogens with one attached hydrogen (secondary N) is 2. The second kappa shape index (κ2) is 5.50. The Bertz CT molecular complexity index is 440. The van der Waals surface area contributed by atoms with E-state index >= 15 is 0 Å². The van der Waals surface area contributed by atoms with Crippen molar-refractivity contribution in [2.75, 3.05) is 12.0 Å². The predicted octanol–water partition coefficient (Wildman–Crippen LogP) is 0.213. The largest absolute Gasteiger partial charge is 0.369 e. The maximum absolute atomic E-state index is 11.8. The van der Waals surface area contributed by atoms with Gasteiger partial charge in [-0.3, -0.25) is 15.4 Å². The number of hydrogen-bond acceptors (Lipinski definition) is 4. The molecule has 6 N–H and O–H groups in total. The van der Waals surface area contributed by atoms with Crippen LogP contribution in [0.15, 0.2) is 24.3 Å². The van der Waals surface area contributed by atoms with Crippen LogP contribution < -0.4 is 22.3 Å². The monoisotopic (exact) mass is 250 g/mol. The zero-order chi connectivity index (χ0) is 13.8. The van der Waals surface area contributed by atoms with Crippen molar-refractivity contribution in [3.63, 3.8) is 0 Å². The van der Waals surface area contributed by atoms with Gasteiger partial charge < -0.3 is 16.5 Å². The molecule has 0 bridgehead atoms. The SMILES string of the molecule is CC(C)(CNC(=O)c1ccc(NN)cc1)C(N)=O. The fraction of sp³-hybridized carbons (Fsp3) is 0.333. The van der Waals surface area contributed by atoms with Crippen LogP contribution in [0.1, 0.15) is 24.2 Å². The first-order valence-corrected chi connectivity index (χ1v) is 5.51. The van der Waals surface area contributed by atoms with Crippen LogP contribution in [0.3, 0.4) is 0 Å². The second-order valence-electron chi connectivity index (χ2n) is 4.65. The van der Waals surface area contributed by atoms with Gasteiger partial charge in [-0.25, -0.2) is 0 Å². The highest BCUT2D eigenvalue weighted by Crippen LogP contribution is 2.13. The van der Waals surface area contributed by atoms with Crippen molar-refractivity contribution in [3.05, 3.63) is 29.8 Å². The Morgan fingerprint density at radius 2 is 1.78 bits per heavy atom. The smallest absolute Gasteiger partial charge is 0.251 e. The minimum Gasteiger partial charge on any atom is -0.369 e. The van der Waals surface area contributed by atoms with E-state index in [4.69, 9.17) is 11.6 Å². The molecule has 98 valence electrons. The molecule has 0 aliphatic rings. The van der Waals surface area contributed by atoms with Crippen molar-refractivity contribution in [1.29, 1.82) is 0 Å². The van der Waals surface area contributed by atoms with E-state index in [-0.39, 0.29) is 12.5 Å². The van der Waals surface area contributed by atoms with Gasteiger partial charge in [-0.05, 0) is 38.1 Å². The summed E-state index contributed by atoms with van der Waals surface area (Å²) in [5, 5.41) is 2.67. The molecule has 0 saturated carbocycles. The number of nitrogen functional groups attached to an aromatic ring is 1. The normalized spacial score (nSPS) is 10.8. The number of amides is 2. The van der Waals surface area contributed by atoms with Crippen LogP contribution in [0.25, 0.3) is 0 Å². The fourth-order valence-corrected chi connectivity index (χ4v) is 1.21. The first-order chi connectivity index (χ1) is 8.36. The van der Waals surface area contributed by atoms with E-state index in [1.165, 1.54) is 0 Å². The molecular formula is C12H18N4O2. The highest BCUT2D eigenvalue weighted by Gasteiger charge is 2.25. The summed E-state index contributed by atoms with van der Waals surface area (Å²) in [6.45, 7) is 3.55. The van der Waals surface area contributed by atoms with Gasteiger partial charge in [0.15, 0.2) is 0 Å². The van der Waals surface area contributed by atoms with E-state index in [2.05, 4.69) is 10.7 Å². The molecule has 0 radical (unpaired) electrons. The molecule has 2 amide bonds. The summed E-state index contributed by atoms with van der Waals surface area (Å²) in [6.07, 6.45) is 0. The van der Waals surface area contributed by atoms with E-state index in [1.807, 2.05) is 0 Å². The number of nitrogens with two attached hydrogens (primary N) is 2. The number of carbonyl (C=O) groups excluding carboxylic acids is 2. The standard InChI is InChI=1S/C12H18N4O2/c1-12(2,11(13)18)7-15-10(17)8-3-5-9(16-14)6-4-8/h3-6,16H,7,14H2,1-2H3,(H2,13,18)(H,15,17). The Hall–Kier alpha value is -2.08. The molecule has 0 fully saturated rings. The Morgan fingerprint density at radius 1 is 1.22 bits per heavy atom. The molecule has 6 heteroatoms. The first-order valence-electron chi connectivity index (χ1n) is 5.51. The van der Waals surface area contributed by atoms with Gasteiger partial charge in [0.25, 0.3) is 5.91 Å². The number of primary amides is 1. The van der Waals surface area contributed by atoms with E-state index < -0.39 is 11.3 Å². The summed E-state index contributed by atoms with van der Waals surface area (Å²) in [5.41, 5.74) is 8.13. The molecule has 18 heavy (non-hydrogen) atoms. The third-order valence-corrected chi connectivity index (χ3v) is 2.67. The Morgan fingerprint density at radius 3 is 2.22 bits per heavy atom. The molecule has 1 aromatic rings. The second-order valence-corrected chi connectivity index (χ2v) is 4.65. The van der Waals surface area contributed by atoms with Gasteiger partial charge >= 0.3 is 0 Å². The van der Waals surface area contributed by atoms with Crippen molar-refractivity contribution in [3.8, 4) is 0 Å². The summed E-state index contributed by atoms with van der Waals surface area (Å²) in [7, 11) is 0. The predicted molar refractivity (Wildman–Crippen MR) is 69.6 cm³/mol. The average molecular weight is 250 g/mol. The summed E-state index contributed by atoms with van der Waals surface area (Å²) in [6, 6.07) is 6.66. The molecule has 0 spiro atoms. The summed E-state index contributed by atoms with van der Waals surface area (Å²) >= 11 is 0. The molecular weight excluding hydrogens is 232 g/mol. The van der Waals surface area contributed by atoms with Crippen LogP contribution in [-0.2, 0) is 4.79 Å². The van der Waals surface area contributed by atoms with Crippen molar-refractivity contribution >= 4 is 17.5 Å². The third kappa shape index (κ3) is 3.46. The van der Waals surface area contributed by atoms with E-state index in [0.29, 0.717) is 11.3 Å². The van der Waals surface area contributed by atoms with Gasteiger partial charge in [0.05, 0.1) is 5.41 Å². The van der Waals surface area contributed by atoms with Gasteiger partial charge in [0.1, 0.15) is 0 Å². The maximum atomic E-state index is 11.8. The first kappa shape index (κ1) is 14.0. The lowest BCUT2D eigenvalue weighted by atomic mass is 9.92. The van der Waals surface area contributed by atoms with Crippen LogP contribution in [0.4, 0.5) is 5.69 Å². The molecule has 0 saturated heterocycles. The van der Waals surface area contributed by atoms with Crippen molar-refractivity contribution < 1.29 is 9.59 Å². The Kier molecular flexibility index (Phi) is 4.28. The zero-order valence-electron chi connectivity index (χ0n) is 10.5. The minimum absolute atomic E-state index is 0.193. The zero-order valence-corrected chi connectivity index (χ0v) is 10.5. The van der Waals surface area contributed by atoms with Gasteiger partial charge in [0.2, 0.25) is 5.91 Å². The Balaban J connectivity index is 2.63. The van der Waals surface area contributed by atoms with Crippen molar-refractivity contribution in [2.45, 2.75) is 13.8 Å². The van der Waals surface area contributed by atoms with Crippen LogP contribution >= 0.6 is 0 Å². The molecule has 0 heterocycles. The number of rotatable bonds is 5. The molecule has 0 aliphatic heterocycles. The van der Waals surface area contributed by atoms with Gasteiger partial charge in [-0.15, -0.1) is 0 Å². The number of anilines is 1. The molecule has 1 aromatic carbocycles. The molecule has 1 rings (SSSR count). The van der Waals surface area contributed by atoms with Crippen LogP contribution in [0.5, 0.6) is 0 Å². The lowest BCUT2D eigenvalue weighted by Gasteiger charge is -2.20. The average Bonchev–Trinajstić information content (AvgIpc) is 2.36. The molecule has 0 unspecified atom stereocenters. The quantitative estimate of drug-likeness (QED) is 0.442. The summed E-state index contributed by atoms with van der Waals surface area (Å²) in [5.74, 6) is 4.51. The highest BCUT2D eigenvalue weighted by atomic mass is 16.2. The molecule has 0 aromatic heterocycles. The number of hydrogen-bond donors (Lipinski definition) is 4. The molecule has 0 atom stereocenters. The van der Waals surface area contributed by atoms with E-state index in [9.17, 15) is 9.59 Å². The van der Waals surface area contributed by atoms with Gasteiger partial charge in [-0.2, -0.15) is 0 Å². The van der Waals surface area contributed by atoms with Gasteiger partial charge in [0, 0.05) is 17.8 Å². The topological polar surface area (TPSA) is 110 Å². The van der Waals surface area contributed by atoms with Crippen molar-refractivity contribution in [2.24, 2.45) is 17.0 Å². The minimum atomic E-state index is -0.769. The number of carbonyl (C=O) groups is 2. The maximum Gasteiger partial charge on any atom is 0.251 e. The van der Waals surface area contributed by atoms with Crippen LogP contribution in [0, 0.1) is 5.41 Å². The van der Waals surface area contributed by atoms with Crippen LogP contribution in [0.2, 0.25) is 0 Å². The lowest BCUT2D eigenvalue weighted by molar-refractivity contribution is -0.125. The number of benzene rings is 1. The van der Waals surface area contributed by atoms with Crippen molar-refractivity contribution in [1.82, 2.24) is 5.32 Å². The number of hydrazine groups is 1. The van der Waals surface area contributed by atoms with Crippen LogP contribution in [-0.4, -0.2) is 18.4 Å². The van der Waals surface area contributed by atoms with E-state index in [0.717, 1.165) is 0 Å². The molecule has 6 nitrogen and oxygen atoms in total. The fourth-order valence-electron chi connectivity index (χ4n) is 1.21.